The highest BCUT2D eigenvalue weighted by molar-refractivity contribution is 5.89. The molecule has 0 aliphatic carbocycles. The SMILES string of the molecule is C[C@H](NC(=O)[C@@H]1CC(=O)N(C)C1)c1ccc(-c2cncnc2)cc1. The summed E-state index contributed by atoms with van der Waals surface area (Å²) in [6.45, 7) is 2.43. The van der Waals surface area contributed by atoms with Crippen LogP contribution in [0.5, 0.6) is 0 Å². The fraction of sp³-hybridized carbons (Fsp3) is 0.333. The molecule has 0 unspecified atom stereocenters. The molecule has 0 spiro atoms. The van der Waals surface area contributed by atoms with Crippen molar-refractivity contribution in [2.75, 3.05) is 13.6 Å². The molecule has 0 saturated carbocycles. The lowest BCUT2D eigenvalue weighted by Gasteiger charge is -2.17. The van der Waals surface area contributed by atoms with E-state index in [0.29, 0.717) is 13.0 Å². The number of amides is 2. The monoisotopic (exact) mass is 324 g/mol. The minimum absolute atomic E-state index is 0.0252. The molecule has 0 bridgehead atoms. The molecule has 1 saturated heterocycles. The van der Waals surface area contributed by atoms with Gasteiger partial charge in [-0.2, -0.15) is 0 Å². The van der Waals surface area contributed by atoms with Gasteiger partial charge in [-0.1, -0.05) is 24.3 Å². The van der Waals surface area contributed by atoms with Crippen LogP contribution in [0.1, 0.15) is 24.9 Å². The van der Waals surface area contributed by atoms with Crippen LogP contribution in [-0.2, 0) is 9.59 Å². The summed E-state index contributed by atoms with van der Waals surface area (Å²) in [4.78, 5) is 33.5. The fourth-order valence-corrected chi connectivity index (χ4v) is 2.87. The van der Waals surface area contributed by atoms with Crippen LogP contribution >= 0.6 is 0 Å². The first-order valence-electron chi connectivity index (χ1n) is 7.94. The van der Waals surface area contributed by atoms with Gasteiger partial charge >= 0.3 is 0 Å². The van der Waals surface area contributed by atoms with E-state index in [4.69, 9.17) is 0 Å². The molecular weight excluding hydrogens is 304 g/mol. The van der Waals surface area contributed by atoms with E-state index in [1.165, 1.54) is 6.33 Å². The van der Waals surface area contributed by atoms with E-state index in [2.05, 4.69) is 15.3 Å². The van der Waals surface area contributed by atoms with Gasteiger partial charge in [0.15, 0.2) is 0 Å². The van der Waals surface area contributed by atoms with Gasteiger partial charge in [-0.25, -0.2) is 9.97 Å². The smallest absolute Gasteiger partial charge is 0.225 e. The first-order chi connectivity index (χ1) is 11.5. The standard InChI is InChI=1S/C18H20N4O2/c1-12(21-18(24)15-7-17(23)22(2)10-15)13-3-5-14(6-4-13)16-8-19-11-20-9-16/h3-6,8-9,11-12,15H,7,10H2,1-2H3,(H,21,24)/t12-,15+/m0/s1. The first-order valence-corrected chi connectivity index (χ1v) is 7.94. The number of benzene rings is 1. The number of carbonyl (C=O) groups excluding carboxylic acids is 2. The van der Waals surface area contributed by atoms with Gasteiger partial charge in [0, 0.05) is 38.0 Å². The van der Waals surface area contributed by atoms with Crippen molar-refractivity contribution in [2.45, 2.75) is 19.4 Å². The van der Waals surface area contributed by atoms with Gasteiger partial charge in [0.25, 0.3) is 0 Å². The highest BCUT2D eigenvalue weighted by atomic mass is 16.2. The zero-order valence-corrected chi connectivity index (χ0v) is 13.8. The van der Waals surface area contributed by atoms with E-state index >= 15 is 0 Å². The second-order valence-electron chi connectivity index (χ2n) is 6.15. The van der Waals surface area contributed by atoms with Gasteiger partial charge in [-0.3, -0.25) is 9.59 Å². The Morgan fingerprint density at radius 1 is 1.21 bits per heavy atom. The Hall–Kier alpha value is -2.76. The van der Waals surface area contributed by atoms with Crippen LogP contribution in [0.15, 0.2) is 43.0 Å². The predicted molar refractivity (Wildman–Crippen MR) is 89.8 cm³/mol. The van der Waals surface area contributed by atoms with Crippen LogP contribution in [0, 0.1) is 5.92 Å². The van der Waals surface area contributed by atoms with Gasteiger partial charge in [0.05, 0.1) is 12.0 Å². The highest BCUT2D eigenvalue weighted by Crippen LogP contribution is 2.22. The Balaban J connectivity index is 1.64. The maximum atomic E-state index is 12.3. The summed E-state index contributed by atoms with van der Waals surface area (Å²) >= 11 is 0. The molecule has 1 fully saturated rings. The number of aromatic nitrogens is 2. The summed E-state index contributed by atoms with van der Waals surface area (Å²) in [7, 11) is 1.73. The summed E-state index contributed by atoms with van der Waals surface area (Å²) in [5, 5.41) is 3.00. The lowest BCUT2D eigenvalue weighted by atomic mass is 10.0. The molecule has 124 valence electrons. The molecular formula is C18H20N4O2. The van der Waals surface area contributed by atoms with Crippen molar-refractivity contribution in [1.82, 2.24) is 20.2 Å². The summed E-state index contributed by atoms with van der Waals surface area (Å²) in [6.07, 6.45) is 5.32. The molecule has 6 heteroatoms. The molecule has 3 rings (SSSR count). The molecule has 2 aromatic rings. The van der Waals surface area contributed by atoms with Crippen molar-refractivity contribution in [2.24, 2.45) is 5.92 Å². The van der Waals surface area contributed by atoms with Crippen LogP contribution in [0.4, 0.5) is 0 Å². The van der Waals surface area contributed by atoms with Crippen LogP contribution in [0.2, 0.25) is 0 Å². The Morgan fingerprint density at radius 3 is 2.46 bits per heavy atom. The van der Waals surface area contributed by atoms with Gasteiger partial charge < -0.3 is 10.2 Å². The van der Waals surface area contributed by atoms with E-state index in [-0.39, 0.29) is 23.8 Å². The summed E-state index contributed by atoms with van der Waals surface area (Å²) < 4.78 is 0. The molecule has 1 aliphatic rings. The van der Waals surface area contributed by atoms with E-state index in [9.17, 15) is 9.59 Å². The third kappa shape index (κ3) is 3.42. The Morgan fingerprint density at radius 2 is 1.88 bits per heavy atom. The summed E-state index contributed by atoms with van der Waals surface area (Å²) in [5.41, 5.74) is 3.00. The van der Waals surface area contributed by atoms with Crippen molar-refractivity contribution in [1.29, 1.82) is 0 Å². The Labute approximate surface area is 140 Å². The average molecular weight is 324 g/mol. The summed E-state index contributed by atoms with van der Waals surface area (Å²) in [6, 6.07) is 7.84. The quantitative estimate of drug-likeness (QED) is 0.930. The number of hydrogen-bond donors (Lipinski definition) is 1. The Bertz CT molecular complexity index is 730. The molecule has 1 N–H and O–H groups in total. The average Bonchev–Trinajstić information content (AvgIpc) is 2.95. The number of nitrogens with zero attached hydrogens (tertiary/aromatic N) is 3. The Kier molecular flexibility index (Phi) is 4.55. The van der Waals surface area contributed by atoms with Crippen LogP contribution < -0.4 is 5.32 Å². The molecule has 2 amide bonds. The molecule has 1 aromatic heterocycles. The molecule has 6 nitrogen and oxygen atoms in total. The van der Waals surface area contributed by atoms with Crippen molar-refractivity contribution in [3.05, 3.63) is 48.5 Å². The lowest BCUT2D eigenvalue weighted by molar-refractivity contribution is -0.128. The van der Waals surface area contributed by atoms with Crippen LogP contribution in [-0.4, -0.2) is 40.3 Å². The first kappa shape index (κ1) is 16.1. The van der Waals surface area contributed by atoms with Crippen LogP contribution in [0.25, 0.3) is 11.1 Å². The molecule has 1 aromatic carbocycles. The van der Waals surface area contributed by atoms with Gasteiger partial charge in [-0.15, -0.1) is 0 Å². The maximum absolute atomic E-state index is 12.3. The summed E-state index contributed by atoms with van der Waals surface area (Å²) in [5.74, 6) is -0.302. The molecule has 0 radical (unpaired) electrons. The van der Waals surface area contributed by atoms with E-state index in [1.807, 2.05) is 31.2 Å². The van der Waals surface area contributed by atoms with E-state index < -0.39 is 0 Å². The third-order valence-corrected chi connectivity index (χ3v) is 4.38. The van der Waals surface area contributed by atoms with Crippen molar-refractivity contribution < 1.29 is 9.59 Å². The normalized spacial score (nSPS) is 18.5. The third-order valence-electron chi connectivity index (χ3n) is 4.38. The number of likely N-dealkylation sites (tertiary alicyclic amines) is 1. The number of nitrogens with one attached hydrogen (secondary N) is 1. The maximum Gasteiger partial charge on any atom is 0.225 e. The number of hydrogen-bond acceptors (Lipinski definition) is 4. The molecule has 2 heterocycles. The highest BCUT2D eigenvalue weighted by Gasteiger charge is 2.32. The van der Waals surface area contributed by atoms with Crippen molar-refractivity contribution >= 4 is 11.8 Å². The molecule has 1 aliphatic heterocycles. The van der Waals surface area contributed by atoms with Gasteiger partial charge in [0.1, 0.15) is 6.33 Å². The topological polar surface area (TPSA) is 75.2 Å². The number of carbonyl (C=O) groups is 2. The van der Waals surface area contributed by atoms with E-state index in [1.54, 1.807) is 24.3 Å². The molecule has 24 heavy (non-hydrogen) atoms. The second-order valence-corrected chi connectivity index (χ2v) is 6.15. The minimum Gasteiger partial charge on any atom is -0.349 e. The minimum atomic E-state index is -0.259. The fourth-order valence-electron chi connectivity index (χ4n) is 2.87. The van der Waals surface area contributed by atoms with Crippen LogP contribution in [0.3, 0.4) is 0 Å². The number of rotatable bonds is 4. The van der Waals surface area contributed by atoms with Crippen molar-refractivity contribution in [3.8, 4) is 11.1 Å². The van der Waals surface area contributed by atoms with Gasteiger partial charge in [0.2, 0.25) is 11.8 Å². The van der Waals surface area contributed by atoms with Gasteiger partial charge in [-0.05, 0) is 18.1 Å². The zero-order chi connectivity index (χ0) is 17.1. The molecule has 2 atom stereocenters. The predicted octanol–water partition coefficient (Wildman–Crippen LogP) is 1.80. The largest absolute Gasteiger partial charge is 0.349 e. The van der Waals surface area contributed by atoms with E-state index in [0.717, 1.165) is 16.7 Å². The second kappa shape index (κ2) is 6.78. The van der Waals surface area contributed by atoms with Crippen molar-refractivity contribution in [3.63, 3.8) is 0 Å². The zero-order valence-electron chi connectivity index (χ0n) is 13.8. The lowest BCUT2D eigenvalue weighted by Crippen LogP contribution is -2.34.